The Morgan fingerprint density at radius 3 is 2.66 bits per heavy atom. The molecule has 0 spiro atoms. The zero-order valence-electron chi connectivity index (χ0n) is 18.7. The first kappa shape index (κ1) is 23.1. The number of anilines is 1. The summed E-state index contributed by atoms with van der Waals surface area (Å²) in [6, 6.07) is 14.1. The molecule has 2 aromatic carbocycles. The first-order chi connectivity index (χ1) is 15.5. The summed E-state index contributed by atoms with van der Waals surface area (Å²) in [5.74, 6) is -0.214. The third-order valence-corrected chi connectivity index (χ3v) is 5.14. The third kappa shape index (κ3) is 5.75. The maximum atomic E-state index is 12.5. The quantitative estimate of drug-likeness (QED) is 0.378. The molecule has 2 amide bonds. The van der Waals surface area contributed by atoms with Gasteiger partial charge in [0.05, 0.1) is 31.0 Å². The van der Waals surface area contributed by atoms with E-state index < -0.39 is 17.9 Å². The maximum absolute atomic E-state index is 12.5. The van der Waals surface area contributed by atoms with Crippen LogP contribution in [0, 0.1) is 0 Å². The van der Waals surface area contributed by atoms with E-state index in [4.69, 9.17) is 9.47 Å². The van der Waals surface area contributed by atoms with Crippen molar-refractivity contribution < 1.29 is 19.1 Å². The van der Waals surface area contributed by atoms with Crippen molar-refractivity contribution in [3.63, 3.8) is 0 Å². The molecule has 0 radical (unpaired) electrons. The number of benzene rings is 2. The molecular formula is C25H29N3O4. The van der Waals surface area contributed by atoms with Crippen molar-refractivity contribution in [1.82, 2.24) is 10.3 Å². The molecule has 3 rings (SSSR count). The van der Waals surface area contributed by atoms with Gasteiger partial charge in [-0.2, -0.15) is 0 Å². The summed E-state index contributed by atoms with van der Waals surface area (Å²) in [4.78, 5) is 29.2. The highest BCUT2D eigenvalue weighted by Crippen LogP contribution is 2.30. The van der Waals surface area contributed by atoms with E-state index in [1.54, 1.807) is 31.5 Å². The van der Waals surface area contributed by atoms with Crippen molar-refractivity contribution in [2.24, 2.45) is 0 Å². The van der Waals surface area contributed by atoms with Crippen LogP contribution < -0.4 is 20.1 Å². The van der Waals surface area contributed by atoms with Crippen LogP contribution in [0.2, 0.25) is 0 Å². The number of pyridine rings is 1. The lowest BCUT2D eigenvalue weighted by molar-refractivity contribution is -0.136. The number of amides is 2. The van der Waals surface area contributed by atoms with Gasteiger partial charge in [-0.1, -0.05) is 31.9 Å². The van der Waals surface area contributed by atoms with Crippen LogP contribution in [0.3, 0.4) is 0 Å². The summed E-state index contributed by atoms with van der Waals surface area (Å²) >= 11 is 0. The number of nitrogens with one attached hydrogen (secondary N) is 2. The zero-order chi connectivity index (χ0) is 22.9. The number of unbranched alkanes of at least 4 members (excludes halogenated alkanes) is 2. The Morgan fingerprint density at radius 1 is 1.03 bits per heavy atom. The normalized spacial score (nSPS) is 11.6. The molecule has 1 atom stereocenters. The van der Waals surface area contributed by atoms with Gasteiger partial charge in [-0.15, -0.1) is 0 Å². The molecular weight excluding hydrogens is 406 g/mol. The van der Waals surface area contributed by atoms with Crippen LogP contribution in [-0.2, 0) is 9.59 Å². The minimum Gasteiger partial charge on any atom is -0.493 e. The lowest BCUT2D eigenvalue weighted by Crippen LogP contribution is -2.36. The van der Waals surface area contributed by atoms with Gasteiger partial charge >= 0.3 is 11.8 Å². The van der Waals surface area contributed by atoms with E-state index in [0.717, 1.165) is 35.7 Å². The smallest absolute Gasteiger partial charge is 0.313 e. The first-order valence-corrected chi connectivity index (χ1v) is 10.8. The lowest BCUT2D eigenvalue weighted by Gasteiger charge is -2.17. The standard InChI is InChI=1S/C25H29N3O4/c1-4-5-6-15-32-22-13-12-18(16-23(22)31-3)17(2)27-24(29)25(30)28-21-11-7-10-20-19(21)9-8-14-26-20/h7-14,16-17H,4-6,15H2,1-3H3,(H,27,29)(H,28,30)/t17-/m1/s1. The zero-order valence-corrected chi connectivity index (χ0v) is 18.7. The molecule has 0 unspecified atom stereocenters. The fourth-order valence-corrected chi connectivity index (χ4v) is 3.34. The van der Waals surface area contributed by atoms with E-state index in [1.807, 2.05) is 37.3 Å². The predicted molar refractivity (Wildman–Crippen MR) is 125 cm³/mol. The molecule has 1 aromatic heterocycles. The summed E-state index contributed by atoms with van der Waals surface area (Å²) in [6.45, 7) is 4.58. The first-order valence-electron chi connectivity index (χ1n) is 10.8. The predicted octanol–water partition coefficient (Wildman–Crippen LogP) is 4.63. The number of hydrogen-bond acceptors (Lipinski definition) is 5. The van der Waals surface area contributed by atoms with Crippen LogP contribution in [0.4, 0.5) is 5.69 Å². The fourth-order valence-electron chi connectivity index (χ4n) is 3.34. The largest absolute Gasteiger partial charge is 0.493 e. The van der Waals surface area contributed by atoms with Gasteiger partial charge in [0.1, 0.15) is 0 Å². The van der Waals surface area contributed by atoms with Crippen molar-refractivity contribution >= 4 is 28.4 Å². The molecule has 0 aliphatic heterocycles. The molecule has 7 nitrogen and oxygen atoms in total. The highest BCUT2D eigenvalue weighted by molar-refractivity contribution is 6.40. The Kier molecular flexibility index (Phi) is 8.02. The molecule has 0 aliphatic rings. The number of rotatable bonds is 9. The second-order valence-corrected chi connectivity index (χ2v) is 7.49. The van der Waals surface area contributed by atoms with Crippen molar-refractivity contribution in [3.05, 3.63) is 60.3 Å². The lowest BCUT2D eigenvalue weighted by atomic mass is 10.1. The third-order valence-electron chi connectivity index (χ3n) is 5.14. The van der Waals surface area contributed by atoms with Gasteiger partial charge in [-0.05, 0) is 55.3 Å². The molecule has 168 valence electrons. The second-order valence-electron chi connectivity index (χ2n) is 7.49. The summed E-state index contributed by atoms with van der Waals surface area (Å²) in [6.07, 6.45) is 4.90. The molecule has 0 fully saturated rings. The van der Waals surface area contributed by atoms with Crippen molar-refractivity contribution in [2.45, 2.75) is 39.2 Å². The minimum absolute atomic E-state index is 0.398. The average molecular weight is 436 g/mol. The molecule has 1 heterocycles. The second kappa shape index (κ2) is 11.1. The topological polar surface area (TPSA) is 89.5 Å². The van der Waals surface area contributed by atoms with Gasteiger partial charge in [0.15, 0.2) is 11.5 Å². The van der Waals surface area contributed by atoms with Gasteiger partial charge in [-0.25, -0.2) is 0 Å². The molecule has 3 aromatic rings. The maximum Gasteiger partial charge on any atom is 0.313 e. The minimum atomic E-state index is -0.740. The van der Waals surface area contributed by atoms with Crippen LogP contribution in [0.1, 0.15) is 44.7 Å². The number of fused-ring (bicyclic) bond motifs is 1. The van der Waals surface area contributed by atoms with Crippen molar-refractivity contribution in [2.75, 3.05) is 19.0 Å². The number of ether oxygens (including phenoxy) is 2. The molecule has 0 aliphatic carbocycles. The summed E-state index contributed by atoms with van der Waals surface area (Å²) < 4.78 is 11.2. The molecule has 32 heavy (non-hydrogen) atoms. The summed E-state index contributed by atoms with van der Waals surface area (Å²) in [5, 5.41) is 6.17. The van der Waals surface area contributed by atoms with Gasteiger partial charge in [-0.3, -0.25) is 14.6 Å². The summed E-state index contributed by atoms with van der Waals surface area (Å²) in [7, 11) is 1.58. The Balaban J connectivity index is 1.63. The van der Waals surface area contributed by atoms with Crippen LogP contribution in [-0.4, -0.2) is 30.5 Å². The SMILES string of the molecule is CCCCCOc1ccc([C@@H](C)NC(=O)C(=O)Nc2cccc3ncccc23)cc1OC. The molecule has 2 N–H and O–H groups in total. The molecule has 0 saturated carbocycles. The van der Waals surface area contributed by atoms with Crippen molar-refractivity contribution in [1.29, 1.82) is 0 Å². The van der Waals surface area contributed by atoms with Gasteiger partial charge in [0, 0.05) is 11.6 Å². The van der Waals surface area contributed by atoms with E-state index in [2.05, 4.69) is 22.5 Å². The van der Waals surface area contributed by atoms with Crippen LogP contribution >= 0.6 is 0 Å². The highest BCUT2D eigenvalue weighted by Gasteiger charge is 2.19. The Bertz CT molecular complexity index is 1080. The van der Waals surface area contributed by atoms with Crippen LogP contribution in [0.25, 0.3) is 10.9 Å². The molecule has 0 saturated heterocycles. The van der Waals surface area contributed by atoms with Crippen molar-refractivity contribution in [3.8, 4) is 11.5 Å². The number of carbonyl (C=O) groups is 2. The number of aromatic nitrogens is 1. The van der Waals surface area contributed by atoms with Gasteiger partial charge in [0.2, 0.25) is 0 Å². The van der Waals surface area contributed by atoms with E-state index in [9.17, 15) is 9.59 Å². The van der Waals surface area contributed by atoms with E-state index >= 15 is 0 Å². The fraction of sp³-hybridized carbons (Fsp3) is 0.320. The molecule has 7 heteroatoms. The summed E-state index contributed by atoms with van der Waals surface area (Å²) in [5.41, 5.74) is 2.08. The van der Waals surface area contributed by atoms with Gasteiger partial charge < -0.3 is 20.1 Å². The number of methoxy groups -OCH3 is 1. The number of nitrogens with zero attached hydrogens (tertiary/aromatic N) is 1. The van der Waals surface area contributed by atoms with E-state index in [0.29, 0.717) is 23.8 Å². The average Bonchev–Trinajstić information content (AvgIpc) is 2.82. The van der Waals surface area contributed by atoms with Crippen LogP contribution in [0.5, 0.6) is 11.5 Å². The number of hydrogen-bond donors (Lipinski definition) is 2. The van der Waals surface area contributed by atoms with E-state index in [1.165, 1.54) is 0 Å². The molecule has 0 bridgehead atoms. The Morgan fingerprint density at radius 2 is 1.88 bits per heavy atom. The monoisotopic (exact) mass is 435 g/mol. The van der Waals surface area contributed by atoms with Gasteiger partial charge in [0.25, 0.3) is 0 Å². The number of carbonyl (C=O) groups excluding carboxylic acids is 2. The Labute approximate surface area is 188 Å². The highest BCUT2D eigenvalue weighted by atomic mass is 16.5. The van der Waals surface area contributed by atoms with Crippen LogP contribution in [0.15, 0.2) is 54.7 Å². The van der Waals surface area contributed by atoms with E-state index in [-0.39, 0.29) is 0 Å². The Hall–Kier alpha value is -3.61.